The molecule has 0 fully saturated rings. The highest BCUT2D eigenvalue weighted by molar-refractivity contribution is 5.86. The van der Waals surface area contributed by atoms with E-state index < -0.39 is 0 Å². The number of aliphatic hydroxyl groups is 1. The highest BCUT2D eigenvalue weighted by Crippen LogP contribution is 2.36. The van der Waals surface area contributed by atoms with Gasteiger partial charge in [-0.15, -0.1) is 0 Å². The number of aliphatic hydroxyl groups excluding tert-OH is 1. The molecule has 3 rings (SSSR count). The molecule has 84 valence electrons. The van der Waals surface area contributed by atoms with E-state index >= 15 is 0 Å². The van der Waals surface area contributed by atoms with Gasteiger partial charge in [-0.2, -0.15) is 0 Å². The molecular formula is C13H15NO2. The van der Waals surface area contributed by atoms with Crippen LogP contribution < -0.4 is 4.74 Å². The maximum Gasteiger partial charge on any atom is 0.119 e. The number of benzene rings is 1. The van der Waals surface area contributed by atoms with Crippen LogP contribution in [0.4, 0.5) is 0 Å². The minimum Gasteiger partial charge on any atom is -0.497 e. The quantitative estimate of drug-likeness (QED) is 0.771. The summed E-state index contributed by atoms with van der Waals surface area (Å²) in [7, 11) is 1.66. The van der Waals surface area contributed by atoms with Crippen LogP contribution in [0.2, 0.25) is 0 Å². The molecule has 0 amide bonds. The summed E-state index contributed by atoms with van der Waals surface area (Å²) in [6.45, 7) is 0. The van der Waals surface area contributed by atoms with Gasteiger partial charge >= 0.3 is 0 Å². The summed E-state index contributed by atoms with van der Waals surface area (Å²) in [6.07, 6.45) is 2.61. The van der Waals surface area contributed by atoms with Crippen LogP contribution in [0, 0.1) is 0 Å². The number of rotatable bonds is 1. The fourth-order valence-electron chi connectivity index (χ4n) is 2.57. The van der Waals surface area contributed by atoms with Crippen molar-refractivity contribution in [2.24, 2.45) is 0 Å². The summed E-state index contributed by atoms with van der Waals surface area (Å²) < 4.78 is 5.22. The SMILES string of the molecule is COc1ccc2[nH]c3c(c2c1)[C@H](O)CCC3. The summed E-state index contributed by atoms with van der Waals surface area (Å²) in [6, 6.07) is 5.95. The van der Waals surface area contributed by atoms with E-state index in [1.165, 1.54) is 5.69 Å². The number of H-pyrrole nitrogens is 1. The molecule has 0 aliphatic heterocycles. The molecule has 2 aromatic rings. The van der Waals surface area contributed by atoms with Gasteiger partial charge < -0.3 is 14.8 Å². The first-order valence-electron chi connectivity index (χ1n) is 5.66. The van der Waals surface area contributed by atoms with E-state index in [0.29, 0.717) is 0 Å². The van der Waals surface area contributed by atoms with E-state index in [2.05, 4.69) is 4.98 Å². The summed E-state index contributed by atoms with van der Waals surface area (Å²) >= 11 is 0. The third kappa shape index (κ3) is 1.32. The van der Waals surface area contributed by atoms with Gasteiger partial charge in [-0.05, 0) is 37.5 Å². The average Bonchev–Trinajstić information content (AvgIpc) is 2.67. The Morgan fingerprint density at radius 1 is 1.44 bits per heavy atom. The van der Waals surface area contributed by atoms with Crippen LogP contribution in [0.1, 0.15) is 30.2 Å². The monoisotopic (exact) mass is 217 g/mol. The number of aromatic nitrogens is 1. The summed E-state index contributed by atoms with van der Waals surface area (Å²) in [5.74, 6) is 0.840. The molecule has 1 aromatic carbocycles. The maximum absolute atomic E-state index is 10.1. The third-order valence-electron chi connectivity index (χ3n) is 3.37. The van der Waals surface area contributed by atoms with Crippen molar-refractivity contribution in [2.75, 3.05) is 7.11 Å². The van der Waals surface area contributed by atoms with Crippen molar-refractivity contribution in [1.82, 2.24) is 4.98 Å². The second-order valence-corrected chi connectivity index (χ2v) is 4.34. The van der Waals surface area contributed by atoms with Gasteiger partial charge in [0.25, 0.3) is 0 Å². The molecule has 0 unspecified atom stereocenters. The zero-order valence-corrected chi connectivity index (χ0v) is 9.29. The largest absolute Gasteiger partial charge is 0.497 e. The van der Waals surface area contributed by atoms with Crippen LogP contribution in [0.15, 0.2) is 18.2 Å². The normalized spacial score (nSPS) is 19.8. The van der Waals surface area contributed by atoms with Crippen LogP contribution in [-0.4, -0.2) is 17.2 Å². The lowest BCUT2D eigenvalue weighted by Crippen LogP contribution is -2.07. The molecule has 16 heavy (non-hydrogen) atoms. The van der Waals surface area contributed by atoms with E-state index in [0.717, 1.165) is 41.5 Å². The number of hydrogen-bond acceptors (Lipinski definition) is 2. The lowest BCUT2D eigenvalue weighted by Gasteiger charge is -2.17. The van der Waals surface area contributed by atoms with E-state index in [1.807, 2.05) is 18.2 Å². The number of hydrogen-bond donors (Lipinski definition) is 2. The Balaban J connectivity index is 2.26. The van der Waals surface area contributed by atoms with Crippen LogP contribution in [-0.2, 0) is 6.42 Å². The zero-order valence-electron chi connectivity index (χ0n) is 9.29. The topological polar surface area (TPSA) is 45.2 Å². The Morgan fingerprint density at radius 3 is 3.12 bits per heavy atom. The van der Waals surface area contributed by atoms with Crippen LogP contribution in [0.25, 0.3) is 10.9 Å². The standard InChI is InChI=1S/C13H15NO2/c1-16-8-5-6-10-9(7-8)13-11(14-10)3-2-4-12(13)15/h5-7,12,14-15H,2-4H2,1H3/t12-/m1/s1. The third-order valence-corrected chi connectivity index (χ3v) is 3.37. The maximum atomic E-state index is 10.1. The number of aryl methyl sites for hydroxylation is 1. The lowest BCUT2D eigenvalue weighted by molar-refractivity contribution is 0.158. The highest BCUT2D eigenvalue weighted by atomic mass is 16.5. The second-order valence-electron chi connectivity index (χ2n) is 4.34. The fourth-order valence-corrected chi connectivity index (χ4v) is 2.57. The lowest BCUT2D eigenvalue weighted by atomic mass is 9.93. The Morgan fingerprint density at radius 2 is 2.31 bits per heavy atom. The molecule has 3 heteroatoms. The molecule has 0 saturated heterocycles. The molecule has 0 radical (unpaired) electrons. The molecule has 1 aliphatic carbocycles. The van der Waals surface area contributed by atoms with Crippen molar-refractivity contribution in [3.8, 4) is 5.75 Å². The minimum atomic E-state index is -0.329. The minimum absolute atomic E-state index is 0.329. The number of aromatic amines is 1. The van der Waals surface area contributed by atoms with Crippen molar-refractivity contribution in [2.45, 2.75) is 25.4 Å². The summed E-state index contributed by atoms with van der Waals surface area (Å²) in [5.41, 5.74) is 3.34. The van der Waals surface area contributed by atoms with Crippen LogP contribution in [0.5, 0.6) is 5.75 Å². The van der Waals surface area contributed by atoms with Crippen molar-refractivity contribution in [3.05, 3.63) is 29.5 Å². The van der Waals surface area contributed by atoms with E-state index in [9.17, 15) is 5.11 Å². The Labute approximate surface area is 94.0 Å². The van der Waals surface area contributed by atoms with Crippen LogP contribution >= 0.6 is 0 Å². The second kappa shape index (κ2) is 3.52. The molecule has 1 aromatic heterocycles. The fraction of sp³-hybridized carbons (Fsp3) is 0.385. The van der Waals surface area contributed by atoms with E-state index in [-0.39, 0.29) is 6.10 Å². The number of fused-ring (bicyclic) bond motifs is 3. The molecule has 0 bridgehead atoms. The average molecular weight is 217 g/mol. The van der Waals surface area contributed by atoms with Gasteiger partial charge in [-0.25, -0.2) is 0 Å². The molecule has 1 atom stereocenters. The highest BCUT2D eigenvalue weighted by Gasteiger charge is 2.22. The Kier molecular flexibility index (Phi) is 2.14. The van der Waals surface area contributed by atoms with E-state index in [1.54, 1.807) is 7.11 Å². The van der Waals surface area contributed by atoms with Crippen LogP contribution in [0.3, 0.4) is 0 Å². The van der Waals surface area contributed by atoms with Gasteiger partial charge in [0, 0.05) is 22.2 Å². The molecule has 0 spiro atoms. The van der Waals surface area contributed by atoms with Crippen molar-refractivity contribution in [1.29, 1.82) is 0 Å². The van der Waals surface area contributed by atoms with Gasteiger partial charge in [0.1, 0.15) is 5.75 Å². The Hall–Kier alpha value is -1.48. The van der Waals surface area contributed by atoms with Gasteiger partial charge in [0.05, 0.1) is 13.2 Å². The smallest absolute Gasteiger partial charge is 0.119 e. The van der Waals surface area contributed by atoms with Gasteiger partial charge in [0.15, 0.2) is 0 Å². The Bertz CT molecular complexity index is 530. The zero-order chi connectivity index (χ0) is 11.1. The first-order chi connectivity index (χ1) is 7.79. The predicted octanol–water partition coefficient (Wildman–Crippen LogP) is 2.55. The predicted molar refractivity (Wildman–Crippen MR) is 62.7 cm³/mol. The molecule has 2 N–H and O–H groups in total. The van der Waals surface area contributed by atoms with Crippen molar-refractivity contribution >= 4 is 10.9 Å². The van der Waals surface area contributed by atoms with Crippen molar-refractivity contribution < 1.29 is 9.84 Å². The molecule has 3 nitrogen and oxygen atoms in total. The van der Waals surface area contributed by atoms with Gasteiger partial charge in [-0.1, -0.05) is 0 Å². The first-order valence-corrected chi connectivity index (χ1v) is 5.66. The number of methoxy groups -OCH3 is 1. The summed E-state index contributed by atoms with van der Waals surface area (Å²) in [5, 5.41) is 11.1. The summed E-state index contributed by atoms with van der Waals surface area (Å²) in [4.78, 5) is 3.38. The molecule has 1 aliphatic rings. The number of nitrogens with one attached hydrogen (secondary N) is 1. The van der Waals surface area contributed by atoms with Gasteiger partial charge in [-0.3, -0.25) is 0 Å². The first kappa shape index (κ1) is 9.73. The molecule has 1 heterocycles. The van der Waals surface area contributed by atoms with Crippen molar-refractivity contribution in [3.63, 3.8) is 0 Å². The molecule has 0 saturated carbocycles. The number of ether oxygens (including phenoxy) is 1. The van der Waals surface area contributed by atoms with E-state index in [4.69, 9.17) is 4.74 Å². The van der Waals surface area contributed by atoms with Gasteiger partial charge in [0.2, 0.25) is 0 Å². The molecular weight excluding hydrogens is 202 g/mol.